The number of rotatable bonds is 11. The molecule has 0 saturated carbocycles. The van der Waals surface area contributed by atoms with Crippen LogP contribution >= 0.6 is 0 Å². The van der Waals surface area contributed by atoms with Crippen molar-refractivity contribution in [1.29, 1.82) is 0 Å². The molecule has 8 heteroatoms. The van der Waals surface area contributed by atoms with Crippen LogP contribution in [0, 0.1) is 5.92 Å². The van der Waals surface area contributed by atoms with Crippen molar-refractivity contribution in [2.45, 2.75) is 38.8 Å². The summed E-state index contributed by atoms with van der Waals surface area (Å²) in [6.07, 6.45) is 0.357. The molecule has 2 N–H and O–H groups in total. The molecule has 0 aliphatic carbocycles. The number of hydrogen-bond donors (Lipinski definition) is 2. The van der Waals surface area contributed by atoms with Crippen molar-refractivity contribution in [2.24, 2.45) is 5.92 Å². The summed E-state index contributed by atoms with van der Waals surface area (Å²) in [6.45, 7) is 2.95. The lowest BCUT2D eigenvalue weighted by Gasteiger charge is -2.21. The Balaban J connectivity index is 1.90. The molecule has 0 heterocycles. The topological polar surface area (TPSA) is 111 Å². The molecule has 0 saturated heterocycles. The van der Waals surface area contributed by atoms with Crippen molar-refractivity contribution in [3.05, 3.63) is 71.8 Å². The smallest absolute Gasteiger partial charge is 0.329 e. The van der Waals surface area contributed by atoms with E-state index >= 15 is 0 Å². The number of ether oxygens (including phenoxy) is 2. The highest BCUT2D eigenvalue weighted by Crippen LogP contribution is 2.07. The number of carbonyl (C=O) groups is 4. The third-order valence-electron chi connectivity index (χ3n) is 4.89. The van der Waals surface area contributed by atoms with Crippen LogP contribution in [0.1, 0.15) is 25.0 Å². The molecule has 2 aromatic rings. The highest BCUT2D eigenvalue weighted by Gasteiger charge is 2.27. The van der Waals surface area contributed by atoms with Crippen molar-refractivity contribution < 1.29 is 28.7 Å². The molecule has 0 aliphatic rings. The van der Waals surface area contributed by atoms with Crippen LogP contribution in [-0.4, -0.2) is 49.6 Å². The van der Waals surface area contributed by atoms with E-state index in [4.69, 9.17) is 9.47 Å². The van der Waals surface area contributed by atoms with Gasteiger partial charge in [-0.25, -0.2) is 9.59 Å². The van der Waals surface area contributed by atoms with Crippen LogP contribution in [-0.2, 0) is 41.5 Å². The lowest BCUT2D eigenvalue weighted by atomic mass is 10.0. The summed E-state index contributed by atoms with van der Waals surface area (Å²) in [5, 5.41) is 5.21. The van der Waals surface area contributed by atoms with Gasteiger partial charge in [0.25, 0.3) is 5.91 Å². The summed E-state index contributed by atoms with van der Waals surface area (Å²) in [7, 11) is 1.23. The molecule has 0 aliphatic heterocycles. The van der Waals surface area contributed by atoms with Crippen LogP contribution in [0.2, 0.25) is 0 Å². The van der Waals surface area contributed by atoms with Gasteiger partial charge in [-0.2, -0.15) is 0 Å². The molecule has 2 rings (SSSR count). The molecule has 2 aromatic carbocycles. The predicted molar refractivity (Wildman–Crippen MR) is 122 cm³/mol. The van der Waals surface area contributed by atoms with Crippen molar-refractivity contribution >= 4 is 23.8 Å². The summed E-state index contributed by atoms with van der Waals surface area (Å²) < 4.78 is 9.89. The number of nitrogens with one attached hydrogen (secondary N) is 2. The van der Waals surface area contributed by atoms with Gasteiger partial charge in [0, 0.05) is 6.42 Å². The number of esters is 2. The third kappa shape index (κ3) is 8.76. The first kappa shape index (κ1) is 25.6. The normalized spacial score (nSPS) is 12.4. The van der Waals surface area contributed by atoms with Crippen LogP contribution in [0.5, 0.6) is 0 Å². The largest absolute Gasteiger partial charge is 0.467 e. The van der Waals surface area contributed by atoms with E-state index in [9.17, 15) is 19.2 Å². The monoisotopic (exact) mass is 454 g/mol. The molecule has 0 radical (unpaired) electrons. The van der Waals surface area contributed by atoms with Crippen LogP contribution in [0.3, 0.4) is 0 Å². The zero-order chi connectivity index (χ0) is 24.2. The van der Waals surface area contributed by atoms with Crippen LogP contribution in [0.4, 0.5) is 0 Å². The second-order valence-corrected chi connectivity index (χ2v) is 7.89. The zero-order valence-electron chi connectivity index (χ0n) is 19.1. The van der Waals surface area contributed by atoms with Crippen LogP contribution in [0.25, 0.3) is 0 Å². The van der Waals surface area contributed by atoms with E-state index in [-0.39, 0.29) is 24.7 Å². The molecular formula is C25H30N2O6. The number of hydrogen-bond acceptors (Lipinski definition) is 6. The van der Waals surface area contributed by atoms with Gasteiger partial charge in [-0.1, -0.05) is 74.5 Å². The van der Waals surface area contributed by atoms with Crippen LogP contribution < -0.4 is 10.6 Å². The Morgan fingerprint density at radius 1 is 0.788 bits per heavy atom. The van der Waals surface area contributed by atoms with Gasteiger partial charge in [0.2, 0.25) is 5.91 Å². The quantitative estimate of drug-likeness (QED) is 0.501. The van der Waals surface area contributed by atoms with E-state index in [1.807, 2.05) is 60.7 Å². The second-order valence-electron chi connectivity index (χ2n) is 7.89. The summed E-state index contributed by atoms with van der Waals surface area (Å²) in [6, 6.07) is 16.5. The Kier molecular flexibility index (Phi) is 10.1. The van der Waals surface area contributed by atoms with E-state index < -0.39 is 36.5 Å². The highest BCUT2D eigenvalue weighted by molar-refractivity contribution is 5.89. The van der Waals surface area contributed by atoms with Gasteiger partial charge in [0.1, 0.15) is 12.1 Å². The van der Waals surface area contributed by atoms with Gasteiger partial charge in [-0.3, -0.25) is 9.59 Å². The Morgan fingerprint density at radius 2 is 1.36 bits per heavy atom. The minimum absolute atomic E-state index is 0.123. The Morgan fingerprint density at radius 3 is 1.91 bits per heavy atom. The average Bonchev–Trinajstić information content (AvgIpc) is 2.81. The average molecular weight is 455 g/mol. The minimum Gasteiger partial charge on any atom is -0.467 e. The fourth-order valence-corrected chi connectivity index (χ4v) is 3.15. The van der Waals surface area contributed by atoms with Crippen molar-refractivity contribution in [2.75, 3.05) is 13.7 Å². The van der Waals surface area contributed by atoms with E-state index in [1.165, 1.54) is 7.11 Å². The molecule has 0 aromatic heterocycles. The van der Waals surface area contributed by atoms with Crippen molar-refractivity contribution in [1.82, 2.24) is 10.6 Å². The molecule has 176 valence electrons. The Labute approximate surface area is 193 Å². The number of carbonyl (C=O) groups excluding carboxylic acids is 4. The number of amides is 2. The van der Waals surface area contributed by atoms with E-state index in [0.717, 1.165) is 11.1 Å². The summed E-state index contributed by atoms with van der Waals surface area (Å²) in [4.78, 5) is 49.3. The fourth-order valence-electron chi connectivity index (χ4n) is 3.15. The molecule has 1 unspecified atom stereocenters. The highest BCUT2D eigenvalue weighted by atomic mass is 16.5. The van der Waals surface area contributed by atoms with Crippen molar-refractivity contribution in [3.8, 4) is 0 Å². The molecule has 0 spiro atoms. The molecule has 2 amide bonds. The van der Waals surface area contributed by atoms with Gasteiger partial charge < -0.3 is 20.1 Å². The van der Waals surface area contributed by atoms with E-state index in [0.29, 0.717) is 0 Å². The minimum atomic E-state index is -0.921. The molecule has 33 heavy (non-hydrogen) atoms. The van der Waals surface area contributed by atoms with Crippen LogP contribution in [0.15, 0.2) is 60.7 Å². The predicted octanol–water partition coefficient (Wildman–Crippen LogP) is 1.81. The number of benzene rings is 2. The first-order chi connectivity index (χ1) is 15.8. The van der Waals surface area contributed by atoms with Gasteiger partial charge in [-0.05, 0) is 17.0 Å². The Bertz CT molecular complexity index is 930. The maximum atomic E-state index is 12.5. The summed E-state index contributed by atoms with van der Waals surface area (Å²) in [5.74, 6) is -2.55. The number of methoxy groups -OCH3 is 1. The van der Waals surface area contributed by atoms with Crippen molar-refractivity contribution in [3.63, 3.8) is 0 Å². The molecular weight excluding hydrogens is 424 g/mol. The lowest BCUT2D eigenvalue weighted by Crippen LogP contribution is -2.48. The molecule has 8 nitrogen and oxygen atoms in total. The Hall–Kier alpha value is -3.68. The standard InChI is InChI=1S/C25H30N2O6/c1-17(2)23(27-21(28)15-19-12-8-5-9-13-19)25(31)33-16-22(29)26-20(24(30)32-3)14-18-10-6-4-7-11-18/h4-13,17,20,23H,14-16H2,1-3H3,(H,26,29)(H,27,28)/t20?,23-/m0/s1. The zero-order valence-corrected chi connectivity index (χ0v) is 19.1. The molecule has 0 fully saturated rings. The fraction of sp³-hybridized carbons (Fsp3) is 0.360. The molecule has 2 atom stereocenters. The lowest BCUT2D eigenvalue weighted by molar-refractivity contribution is -0.153. The third-order valence-corrected chi connectivity index (χ3v) is 4.89. The summed E-state index contributed by atoms with van der Waals surface area (Å²) in [5.41, 5.74) is 1.66. The SMILES string of the molecule is COC(=O)C(Cc1ccccc1)NC(=O)COC(=O)[C@@H](NC(=O)Cc1ccccc1)C(C)C. The summed E-state index contributed by atoms with van der Waals surface area (Å²) >= 11 is 0. The van der Waals surface area contributed by atoms with Gasteiger partial charge in [-0.15, -0.1) is 0 Å². The van der Waals surface area contributed by atoms with Gasteiger partial charge in [0.05, 0.1) is 13.5 Å². The van der Waals surface area contributed by atoms with E-state index in [2.05, 4.69) is 10.6 Å². The first-order valence-corrected chi connectivity index (χ1v) is 10.7. The first-order valence-electron chi connectivity index (χ1n) is 10.7. The maximum absolute atomic E-state index is 12.5. The van der Waals surface area contributed by atoms with Gasteiger partial charge >= 0.3 is 11.9 Å². The maximum Gasteiger partial charge on any atom is 0.329 e. The van der Waals surface area contributed by atoms with Gasteiger partial charge in [0.15, 0.2) is 6.61 Å². The van der Waals surface area contributed by atoms with E-state index in [1.54, 1.807) is 13.8 Å². The molecule has 0 bridgehead atoms. The second kappa shape index (κ2) is 13.0.